The van der Waals surface area contributed by atoms with E-state index in [1.165, 1.54) is 6.42 Å². The van der Waals surface area contributed by atoms with Crippen LogP contribution >= 0.6 is 0 Å². The molecule has 0 saturated carbocycles. The summed E-state index contributed by atoms with van der Waals surface area (Å²) in [7, 11) is 0. The molecule has 94 valence electrons. The van der Waals surface area contributed by atoms with Crippen LogP contribution < -0.4 is 0 Å². The average molecular weight is 229 g/mol. The SMILES string of the molecule is CC(C)CN(CC(=O)O)CC1CCCCO1. The highest BCUT2D eigenvalue weighted by Gasteiger charge is 2.19. The summed E-state index contributed by atoms with van der Waals surface area (Å²) in [6, 6.07) is 0. The molecular formula is C12H23NO3. The molecule has 1 unspecified atom stereocenters. The minimum Gasteiger partial charge on any atom is -0.480 e. The average Bonchev–Trinajstić information content (AvgIpc) is 2.16. The smallest absolute Gasteiger partial charge is 0.317 e. The van der Waals surface area contributed by atoms with Crippen molar-refractivity contribution in [1.82, 2.24) is 4.90 Å². The standard InChI is InChI=1S/C12H23NO3/c1-10(2)7-13(9-12(14)15)8-11-5-3-4-6-16-11/h10-11H,3-9H2,1-2H3,(H,14,15). The van der Waals surface area contributed by atoms with E-state index in [9.17, 15) is 4.79 Å². The molecule has 0 aromatic rings. The number of ether oxygens (including phenoxy) is 1. The summed E-state index contributed by atoms with van der Waals surface area (Å²) in [5.41, 5.74) is 0. The Balaban J connectivity index is 2.37. The Labute approximate surface area is 97.6 Å². The highest BCUT2D eigenvalue weighted by molar-refractivity contribution is 5.69. The zero-order chi connectivity index (χ0) is 12.0. The van der Waals surface area contributed by atoms with Gasteiger partial charge in [0.15, 0.2) is 0 Å². The molecule has 0 bridgehead atoms. The Morgan fingerprint density at radius 3 is 2.75 bits per heavy atom. The Kier molecular flexibility index (Phi) is 5.77. The maximum atomic E-state index is 10.8. The fourth-order valence-electron chi connectivity index (χ4n) is 2.15. The lowest BCUT2D eigenvalue weighted by Crippen LogP contribution is -2.40. The molecule has 1 rings (SSSR count). The van der Waals surface area contributed by atoms with Gasteiger partial charge in [0, 0.05) is 19.7 Å². The van der Waals surface area contributed by atoms with Gasteiger partial charge in [-0.25, -0.2) is 0 Å². The topological polar surface area (TPSA) is 49.8 Å². The fraction of sp³-hybridized carbons (Fsp3) is 0.917. The van der Waals surface area contributed by atoms with Crippen LogP contribution in [0.4, 0.5) is 0 Å². The number of hydrogen-bond donors (Lipinski definition) is 1. The van der Waals surface area contributed by atoms with Gasteiger partial charge in [0.25, 0.3) is 0 Å². The first-order valence-electron chi connectivity index (χ1n) is 6.13. The van der Waals surface area contributed by atoms with E-state index in [2.05, 4.69) is 13.8 Å². The minimum atomic E-state index is -0.753. The van der Waals surface area contributed by atoms with Crippen LogP contribution in [-0.4, -0.2) is 48.3 Å². The lowest BCUT2D eigenvalue weighted by atomic mass is 10.1. The molecule has 0 aliphatic carbocycles. The second-order valence-corrected chi connectivity index (χ2v) is 4.97. The fourth-order valence-corrected chi connectivity index (χ4v) is 2.15. The summed E-state index contributed by atoms with van der Waals surface area (Å²) in [5.74, 6) is -0.264. The molecule has 4 heteroatoms. The molecule has 0 spiro atoms. The third-order valence-electron chi connectivity index (χ3n) is 2.72. The van der Waals surface area contributed by atoms with Crippen LogP contribution in [0, 0.1) is 5.92 Å². The van der Waals surface area contributed by atoms with E-state index in [0.29, 0.717) is 5.92 Å². The molecule has 1 fully saturated rings. The van der Waals surface area contributed by atoms with Crippen molar-refractivity contribution in [2.75, 3.05) is 26.2 Å². The summed E-state index contributed by atoms with van der Waals surface area (Å²) in [6.45, 7) is 6.75. The Hall–Kier alpha value is -0.610. The van der Waals surface area contributed by atoms with Crippen molar-refractivity contribution in [3.63, 3.8) is 0 Å². The van der Waals surface area contributed by atoms with Crippen molar-refractivity contribution in [2.24, 2.45) is 5.92 Å². The molecule has 0 aromatic heterocycles. The van der Waals surface area contributed by atoms with Crippen LogP contribution in [-0.2, 0) is 9.53 Å². The van der Waals surface area contributed by atoms with Crippen molar-refractivity contribution >= 4 is 5.97 Å². The number of hydrogen-bond acceptors (Lipinski definition) is 3. The predicted molar refractivity (Wildman–Crippen MR) is 62.5 cm³/mol. The summed E-state index contributed by atoms with van der Waals surface area (Å²) in [5, 5.41) is 8.84. The maximum absolute atomic E-state index is 10.8. The molecule has 1 N–H and O–H groups in total. The number of aliphatic carboxylic acids is 1. The Morgan fingerprint density at radius 2 is 2.25 bits per heavy atom. The van der Waals surface area contributed by atoms with Gasteiger partial charge in [-0.05, 0) is 25.2 Å². The van der Waals surface area contributed by atoms with Crippen molar-refractivity contribution in [1.29, 1.82) is 0 Å². The lowest BCUT2D eigenvalue weighted by Gasteiger charge is -2.29. The highest BCUT2D eigenvalue weighted by atomic mass is 16.5. The van der Waals surface area contributed by atoms with Crippen LogP contribution in [0.2, 0.25) is 0 Å². The van der Waals surface area contributed by atoms with Gasteiger partial charge < -0.3 is 9.84 Å². The summed E-state index contributed by atoms with van der Waals surface area (Å²) < 4.78 is 5.64. The van der Waals surface area contributed by atoms with Gasteiger partial charge in [-0.2, -0.15) is 0 Å². The quantitative estimate of drug-likeness (QED) is 0.751. The molecule has 1 aliphatic rings. The number of nitrogens with zero attached hydrogens (tertiary/aromatic N) is 1. The largest absolute Gasteiger partial charge is 0.480 e. The number of carboxylic acid groups (broad SMARTS) is 1. The molecule has 0 radical (unpaired) electrons. The monoisotopic (exact) mass is 229 g/mol. The van der Waals surface area contributed by atoms with Gasteiger partial charge in [0.05, 0.1) is 12.6 Å². The molecule has 4 nitrogen and oxygen atoms in total. The third kappa shape index (κ3) is 5.47. The molecule has 16 heavy (non-hydrogen) atoms. The van der Waals surface area contributed by atoms with Crippen molar-refractivity contribution < 1.29 is 14.6 Å². The van der Waals surface area contributed by atoms with E-state index in [1.54, 1.807) is 0 Å². The molecule has 1 atom stereocenters. The molecule has 0 aromatic carbocycles. The van der Waals surface area contributed by atoms with Gasteiger partial charge in [0.2, 0.25) is 0 Å². The van der Waals surface area contributed by atoms with Crippen LogP contribution in [0.15, 0.2) is 0 Å². The molecule has 1 aliphatic heterocycles. The lowest BCUT2D eigenvalue weighted by molar-refractivity contribution is -0.139. The van der Waals surface area contributed by atoms with Gasteiger partial charge in [-0.15, -0.1) is 0 Å². The second-order valence-electron chi connectivity index (χ2n) is 4.97. The zero-order valence-corrected chi connectivity index (χ0v) is 10.3. The molecule has 1 heterocycles. The van der Waals surface area contributed by atoms with Crippen LogP contribution in [0.3, 0.4) is 0 Å². The number of carbonyl (C=O) groups is 1. The highest BCUT2D eigenvalue weighted by Crippen LogP contribution is 2.14. The van der Waals surface area contributed by atoms with Crippen LogP contribution in [0.1, 0.15) is 33.1 Å². The first-order valence-corrected chi connectivity index (χ1v) is 6.13. The van der Waals surface area contributed by atoms with Crippen molar-refractivity contribution in [3.05, 3.63) is 0 Å². The van der Waals surface area contributed by atoms with Crippen LogP contribution in [0.5, 0.6) is 0 Å². The van der Waals surface area contributed by atoms with E-state index in [0.717, 1.165) is 32.5 Å². The van der Waals surface area contributed by atoms with E-state index < -0.39 is 5.97 Å². The zero-order valence-electron chi connectivity index (χ0n) is 10.3. The minimum absolute atomic E-state index is 0.123. The normalized spacial score (nSPS) is 21.6. The second kappa shape index (κ2) is 6.86. The van der Waals surface area contributed by atoms with Gasteiger partial charge >= 0.3 is 5.97 Å². The third-order valence-corrected chi connectivity index (χ3v) is 2.72. The van der Waals surface area contributed by atoms with E-state index in [-0.39, 0.29) is 12.6 Å². The van der Waals surface area contributed by atoms with Crippen LogP contribution in [0.25, 0.3) is 0 Å². The molecule has 1 saturated heterocycles. The summed E-state index contributed by atoms with van der Waals surface area (Å²) in [4.78, 5) is 12.7. The molecular weight excluding hydrogens is 206 g/mol. The number of rotatable bonds is 6. The maximum Gasteiger partial charge on any atom is 0.317 e. The molecule has 0 amide bonds. The first kappa shape index (κ1) is 13.5. The predicted octanol–water partition coefficient (Wildman–Crippen LogP) is 1.60. The Bertz CT molecular complexity index is 212. The van der Waals surface area contributed by atoms with E-state index in [1.807, 2.05) is 4.90 Å². The Morgan fingerprint density at radius 1 is 1.50 bits per heavy atom. The van der Waals surface area contributed by atoms with E-state index in [4.69, 9.17) is 9.84 Å². The first-order chi connectivity index (χ1) is 7.58. The van der Waals surface area contributed by atoms with Crippen molar-refractivity contribution in [3.8, 4) is 0 Å². The summed E-state index contributed by atoms with van der Waals surface area (Å²) in [6.07, 6.45) is 3.63. The number of carboxylic acids is 1. The van der Waals surface area contributed by atoms with Gasteiger partial charge in [0.1, 0.15) is 0 Å². The van der Waals surface area contributed by atoms with Gasteiger partial charge in [-0.3, -0.25) is 9.69 Å². The summed E-state index contributed by atoms with van der Waals surface area (Å²) >= 11 is 0. The van der Waals surface area contributed by atoms with E-state index >= 15 is 0 Å². The van der Waals surface area contributed by atoms with Gasteiger partial charge in [-0.1, -0.05) is 13.8 Å². The van der Waals surface area contributed by atoms with Crippen molar-refractivity contribution in [2.45, 2.75) is 39.2 Å².